The van der Waals surface area contributed by atoms with Gasteiger partial charge in [0.05, 0.1) is 12.7 Å². The number of methoxy groups -OCH3 is 1. The summed E-state index contributed by atoms with van der Waals surface area (Å²) >= 11 is 0. The molecular weight excluding hydrogens is 368 g/mol. The average molecular weight is 390 g/mol. The first-order valence-electron chi connectivity index (χ1n) is 9.61. The molecule has 29 heavy (non-hydrogen) atoms. The molecule has 0 atom stereocenters. The third-order valence-corrected chi connectivity index (χ3v) is 5.23. The molecule has 2 aromatic heterocycles. The van der Waals surface area contributed by atoms with Crippen molar-refractivity contribution in [2.45, 2.75) is 13.0 Å². The summed E-state index contributed by atoms with van der Waals surface area (Å²) in [6.45, 7) is 4.01. The van der Waals surface area contributed by atoms with Crippen molar-refractivity contribution >= 4 is 16.8 Å². The van der Waals surface area contributed by atoms with Gasteiger partial charge >= 0.3 is 5.63 Å². The second-order valence-corrected chi connectivity index (χ2v) is 7.06. The highest BCUT2D eigenvalue weighted by Crippen LogP contribution is 2.24. The topological polar surface area (TPSA) is 82.6 Å². The van der Waals surface area contributed by atoms with Gasteiger partial charge in [-0.1, -0.05) is 0 Å². The second kappa shape index (κ2) is 8.33. The molecule has 7 heteroatoms. The molecule has 0 N–H and O–H groups in total. The highest BCUT2D eigenvalue weighted by atomic mass is 16.5. The van der Waals surface area contributed by atoms with E-state index in [0.29, 0.717) is 23.4 Å². The van der Waals surface area contributed by atoms with E-state index in [0.717, 1.165) is 49.4 Å². The van der Waals surface area contributed by atoms with Gasteiger partial charge in [0.1, 0.15) is 23.2 Å². The summed E-state index contributed by atoms with van der Waals surface area (Å²) in [6.07, 6.45) is 2.68. The number of nitrogens with zero attached hydrogens (tertiary/aromatic N) is 4. The molecule has 4 rings (SSSR count). The number of anilines is 1. The van der Waals surface area contributed by atoms with Crippen molar-refractivity contribution in [1.82, 2.24) is 9.88 Å². The third kappa shape index (κ3) is 4.08. The monoisotopic (exact) mass is 390 g/mol. The zero-order chi connectivity index (χ0) is 20.2. The minimum atomic E-state index is -0.357. The van der Waals surface area contributed by atoms with Crippen LogP contribution in [0.25, 0.3) is 11.0 Å². The summed E-state index contributed by atoms with van der Waals surface area (Å²) in [6, 6.07) is 12.9. The predicted octanol–water partition coefficient (Wildman–Crippen LogP) is 2.78. The molecule has 3 heterocycles. The minimum absolute atomic E-state index is 0.357. The van der Waals surface area contributed by atoms with Crippen molar-refractivity contribution in [2.75, 3.05) is 38.2 Å². The highest BCUT2D eigenvalue weighted by molar-refractivity contribution is 5.81. The fourth-order valence-corrected chi connectivity index (χ4v) is 3.79. The Morgan fingerprint density at radius 2 is 2.10 bits per heavy atom. The van der Waals surface area contributed by atoms with Crippen LogP contribution in [0.3, 0.4) is 0 Å². The summed E-state index contributed by atoms with van der Waals surface area (Å²) in [5.74, 6) is 1.40. The first kappa shape index (κ1) is 19.0. The Morgan fingerprint density at radius 3 is 2.93 bits per heavy atom. The molecular formula is C22H22N4O3. The smallest absolute Gasteiger partial charge is 0.336 e. The van der Waals surface area contributed by atoms with Crippen molar-refractivity contribution in [3.63, 3.8) is 0 Å². The van der Waals surface area contributed by atoms with E-state index in [2.05, 4.69) is 20.9 Å². The molecule has 148 valence electrons. The molecule has 1 aliphatic rings. The van der Waals surface area contributed by atoms with Crippen LogP contribution in [0.15, 0.2) is 51.8 Å². The van der Waals surface area contributed by atoms with Gasteiger partial charge in [-0.3, -0.25) is 4.90 Å². The number of aromatic nitrogens is 1. The molecule has 0 radical (unpaired) electrons. The Morgan fingerprint density at radius 1 is 1.21 bits per heavy atom. The molecule has 7 nitrogen and oxygen atoms in total. The highest BCUT2D eigenvalue weighted by Gasteiger charge is 2.19. The second-order valence-electron chi connectivity index (χ2n) is 7.06. The minimum Gasteiger partial charge on any atom is -0.497 e. The number of hydrogen-bond donors (Lipinski definition) is 0. The van der Waals surface area contributed by atoms with Crippen molar-refractivity contribution in [2.24, 2.45) is 0 Å². The number of benzene rings is 1. The van der Waals surface area contributed by atoms with Crippen LogP contribution < -0.4 is 15.3 Å². The first-order chi connectivity index (χ1) is 14.2. The van der Waals surface area contributed by atoms with Crippen molar-refractivity contribution in [3.8, 4) is 11.8 Å². The van der Waals surface area contributed by atoms with E-state index in [9.17, 15) is 10.1 Å². The van der Waals surface area contributed by atoms with Crippen LogP contribution in [-0.2, 0) is 6.54 Å². The fraction of sp³-hybridized carbons (Fsp3) is 0.318. The zero-order valence-corrected chi connectivity index (χ0v) is 16.3. The zero-order valence-electron chi connectivity index (χ0n) is 16.3. The molecule has 1 aromatic carbocycles. The van der Waals surface area contributed by atoms with Crippen LogP contribution in [0.1, 0.15) is 17.5 Å². The lowest BCUT2D eigenvalue weighted by molar-refractivity contribution is 0.286. The average Bonchev–Trinajstić information content (AvgIpc) is 2.98. The molecule has 3 aromatic rings. The number of hydrogen-bond acceptors (Lipinski definition) is 7. The molecule has 0 unspecified atom stereocenters. The van der Waals surface area contributed by atoms with E-state index in [1.165, 1.54) is 0 Å². The summed E-state index contributed by atoms with van der Waals surface area (Å²) in [7, 11) is 1.59. The number of nitriles is 1. The maximum absolute atomic E-state index is 12.0. The van der Waals surface area contributed by atoms with Crippen LogP contribution in [0.2, 0.25) is 0 Å². The Kier molecular flexibility index (Phi) is 5.45. The van der Waals surface area contributed by atoms with Crippen LogP contribution in [0.5, 0.6) is 5.75 Å². The van der Waals surface area contributed by atoms with Gasteiger partial charge in [-0.05, 0) is 36.2 Å². The van der Waals surface area contributed by atoms with E-state index >= 15 is 0 Å². The van der Waals surface area contributed by atoms with E-state index in [1.807, 2.05) is 12.1 Å². The lowest BCUT2D eigenvalue weighted by Crippen LogP contribution is -2.31. The predicted molar refractivity (Wildman–Crippen MR) is 110 cm³/mol. The number of ether oxygens (including phenoxy) is 1. The Bertz CT molecular complexity index is 1120. The summed E-state index contributed by atoms with van der Waals surface area (Å²) in [5, 5.41) is 10.3. The Balaban J connectivity index is 1.54. The van der Waals surface area contributed by atoms with Crippen molar-refractivity contribution < 1.29 is 9.15 Å². The van der Waals surface area contributed by atoms with Gasteiger partial charge in [0, 0.05) is 56.4 Å². The van der Waals surface area contributed by atoms with E-state index in [4.69, 9.17) is 9.15 Å². The molecule has 0 bridgehead atoms. The van der Waals surface area contributed by atoms with E-state index < -0.39 is 0 Å². The lowest BCUT2D eigenvalue weighted by atomic mass is 10.1. The van der Waals surface area contributed by atoms with Gasteiger partial charge in [-0.15, -0.1) is 0 Å². The van der Waals surface area contributed by atoms with Crippen LogP contribution in [0, 0.1) is 11.3 Å². The SMILES string of the molecule is COc1ccc2c(CN3CCCN(c4ncccc4C#N)CC3)cc(=O)oc2c1. The fourth-order valence-electron chi connectivity index (χ4n) is 3.79. The molecule has 0 amide bonds. The van der Waals surface area contributed by atoms with E-state index in [1.54, 1.807) is 37.6 Å². The lowest BCUT2D eigenvalue weighted by Gasteiger charge is -2.23. The summed E-state index contributed by atoms with van der Waals surface area (Å²) in [4.78, 5) is 21.0. The molecule has 0 saturated carbocycles. The van der Waals surface area contributed by atoms with Crippen LogP contribution in [-0.4, -0.2) is 43.2 Å². The van der Waals surface area contributed by atoms with Gasteiger partial charge in [0.2, 0.25) is 0 Å². The maximum atomic E-state index is 12.0. The largest absolute Gasteiger partial charge is 0.497 e. The first-order valence-corrected chi connectivity index (χ1v) is 9.61. The van der Waals surface area contributed by atoms with Crippen molar-refractivity contribution in [1.29, 1.82) is 5.26 Å². The number of pyridine rings is 1. The Labute approximate surface area is 168 Å². The van der Waals surface area contributed by atoms with Crippen molar-refractivity contribution in [3.05, 3.63) is 64.1 Å². The van der Waals surface area contributed by atoms with Gasteiger partial charge in [-0.2, -0.15) is 5.26 Å². The summed E-state index contributed by atoms with van der Waals surface area (Å²) in [5.41, 5.74) is 1.73. The van der Waals surface area contributed by atoms with E-state index in [-0.39, 0.29) is 5.63 Å². The molecule has 0 aliphatic carbocycles. The third-order valence-electron chi connectivity index (χ3n) is 5.23. The van der Waals surface area contributed by atoms with Gasteiger partial charge < -0.3 is 14.1 Å². The Hall–Kier alpha value is -3.37. The number of fused-ring (bicyclic) bond motifs is 1. The molecule has 1 aliphatic heterocycles. The van der Waals surface area contributed by atoms with Gasteiger partial charge in [-0.25, -0.2) is 9.78 Å². The van der Waals surface area contributed by atoms with Crippen LogP contribution >= 0.6 is 0 Å². The number of rotatable bonds is 4. The normalized spacial score (nSPS) is 15.1. The maximum Gasteiger partial charge on any atom is 0.336 e. The standard InChI is InChI=1S/C22H22N4O3/c1-28-18-5-6-19-17(12-21(27)29-20(19)13-18)15-25-8-3-9-26(11-10-25)22-16(14-23)4-2-7-24-22/h2,4-7,12-13H,3,8-11,15H2,1H3. The molecule has 1 saturated heterocycles. The van der Waals surface area contributed by atoms with Crippen LogP contribution in [0.4, 0.5) is 5.82 Å². The summed E-state index contributed by atoms with van der Waals surface area (Å²) < 4.78 is 10.6. The quantitative estimate of drug-likeness (QED) is 0.634. The molecule has 1 fully saturated rings. The van der Waals surface area contributed by atoms with Gasteiger partial charge in [0.15, 0.2) is 0 Å². The van der Waals surface area contributed by atoms with Gasteiger partial charge in [0.25, 0.3) is 0 Å². The molecule has 0 spiro atoms.